The average molecular weight is 474 g/mol. The Bertz CT molecular complexity index is 527. The molecule has 16 heteroatoms. The van der Waals surface area contributed by atoms with E-state index in [0.29, 0.717) is 12.2 Å². The van der Waals surface area contributed by atoms with Crippen LogP contribution in [0.3, 0.4) is 0 Å². The molecular formula is C16H30N2O14. The lowest BCUT2D eigenvalue weighted by Crippen LogP contribution is -2.49. The Labute approximate surface area is 181 Å². The molecule has 0 heterocycles. The van der Waals surface area contributed by atoms with Gasteiger partial charge in [-0.2, -0.15) is 0 Å². The van der Waals surface area contributed by atoms with Crippen molar-refractivity contribution in [2.45, 2.75) is 48.7 Å². The third-order valence-corrected chi connectivity index (χ3v) is 3.33. The lowest BCUT2D eigenvalue weighted by Gasteiger charge is -2.23. The molecule has 0 aliphatic rings. The van der Waals surface area contributed by atoms with Crippen molar-refractivity contribution in [1.29, 1.82) is 0 Å². The largest absolute Gasteiger partial charge is 0.478 e. The van der Waals surface area contributed by atoms with E-state index in [1.165, 1.54) is 0 Å². The molecule has 0 radical (unpaired) electrons. The van der Waals surface area contributed by atoms with Crippen molar-refractivity contribution in [1.82, 2.24) is 0 Å². The monoisotopic (exact) mass is 474 g/mol. The molecule has 0 spiro atoms. The molecule has 0 bridgehead atoms. The molecule has 0 saturated carbocycles. The van der Waals surface area contributed by atoms with E-state index in [4.69, 9.17) is 62.5 Å². The van der Waals surface area contributed by atoms with Crippen molar-refractivity contribution in [2.24, 2.45) is 11.5 Å². The van der Waals surface area contributed by atoms with Gasteiger partial charge < -0.3 is 72.1 Å². The molecule has 32 heavy (non-hydrogen) atoms. The quantitative estimate of drug-likeness (QED) is 0.0922. The number of aliphatic hydroxyl groups is 8. The second-order valence-electron chi connectivity index (χ2n) is 5.90. The first kappa shape index (κ1) is 34.2. The summed E-state index contributed by atoms with van der Waals surface area (Å²) in [6.07, 6.45) is -7.74. The van der Waals surface area contributed by atoms with Crippen LogP contribution in [0.2, 0.25) is 0 Å². The topological polar surface area (TPSA) is 323 Å². The van der Waals surface area contributed by atoms with Crippen LogP contribution in [0.15, 0.2) is 12.2 Å². The molecular weight excluding hydrogens is 444 g/mol. The van der Waals surface area contributed by atoms with Gasteiger partial charge >= 0.3 is 11.9 Å². The fourth-order valence-corrected chi connectivity index (χ4v) is 1.43. The molecule has 188 valence electrons. The third-order valence-electron chi connectivity index (χ3n) is 3.33. The Kier molecular flexibility index (Phi) is 20.7. The molecule has 0 fully saturated rings. The number of carboxylic acid groups (broad SMARTS) is 2. The smallest absolute Gasteiger partial charge is 0.328 e. The first-order chi connectivity index (χ1) is 14.7. The zero-order valence-corrected chi connectivity index (χ0v) is 16.6. The number of rotatable bonds is 12. The van der Waals surface area contributed by atoms with E-state index in [9.17, 15) is 19.2 Å². The summed E-state index contributed by atoms with van der Waals surface area (Å²) in [4.78, 5) is 39.2. The number of aliphatic carboxylic acids is 2. The van der Waals surface area contributed by atoms with E-state index >= 15 is 0 Å². The molecule has 0 saturated heterocycles. The number of nitrogens with two attached hydrogens (primary N) is 2. The highest BCUT2D eigenvalue weighted by molar-refractivity contribution is 5.89. The van der Waals surface area contributed by atoms with Gasteiger partial charge in [-0.1, -0.05) is 0 Å². The zero-order chi connectivity index (χ0) is 26.0. The Morgan fingerprint density at radius 1 is 0.625 bits per heavy atom. The van der Waals surface area contributed by atoms with Crippen molar-refractivity contribution in [3.8, 4) is 0 Å². The minimum Gasteiger partial charge on any atom is -0.478 e. The predicted molar refractivity (Wildman–Crippen MR) is 103 cm³/mol. The van der Waals surface area contributed by atoms with Crippen LogP contribution >= 0.6 is 0 Å². The highest BCUT2D eigenvalue weighted by Gasteiger charge is 2.29. The van der Waals surface area contributed by atoms with E-state index in [-0.39, 0.29) is 12.6 Å². The maximum absolute atomic E-state index is 10.0. The lowest BCUT2D eigenvalue weighted by molar-refractivity contribution is -0.134. The molecule has 0 rings (SSSR count). The van der Waals surface area contributed by atoms with Gasteiger partial charge in [0.1, 0.15) is 49.2 Å². The highest BCUT2D eigenvalue weighted by atomic mass is 16.4. The van der Waals surface area contributed by atoms with E-state index in [2.05, 4.69) is 0 Å². The van der Waals surface area contributed by atoms with E-state index in [0.717, 1.165) is 0 Å². The van der Waals surface area contributed by atoms with Crippen molar-refractivity contribution >= 4 is 24.5 Å². The summed E-state index contributed by atoms with van der Waals surface area (Å²) < 4.78 is 0. The van der Waals surface area contributed by atoms with E-state index in [1.54, 1.807) is 0 Å². The highest BCUT2D eigenvalue weighted by Crippen LogP contribution is 2.02. The number of aliphatic hydroxyl groups excluding tert-OH is 8. The first-order valence-corrected chi connectivity index (χ1v) is 8.57. The van der Waals surface area contributed by atoms with Crippen molar-refractivity contribution in [3.05, 3.63) is 12.2 Å². The Morgan fingerprint density at radius 2 is 0.875 bits per heavy atom. The fourth-order valence-electron chi connectivity index (χ4n) is 1.43. The average Bonchev–Trinajstić information content (AvgIpc) is 2.79. The molecule has 0 unspecified atom stereocenters. The number of carboxylic acids is 2. The van der Waals surface area contributed by atoms with Crippen LogP contribution in [0, 0.1) is 0 Å². The molecule has 0 aliphatic heterocycles. The second-order valence-corrected chi connectivity index (χ2v) is 5.90. The SMILES string of the molecule is N[C@@H](C=O)[C@@H](O)[C@H](O)[C@H](O)CO.N[C@@H](C=O)[C@@H](O)[C@H](O)[C@H](O)CO.O=C(O)/C=C\C(=O)O. The maximum atomic E-state index is 10.0. The van der Waals surface area contributed by atoms with Crippen molar-refractivity contribution < 1.29 is 70.2 Å². The van der Waals surface area contributed by atoms with Crippen LogP contribution in [-0.2, 0) is 19.2 Å². The van der Waals surface area contributed by atoms with Gasteiger partial charge in [0, 0.05) is 12.2 Å². The molecule has 0 aromatic heterocycles. The third kappa shape index (κ3) is 16.3. The van der Waals surface area contributed by atoms with E-state index in [1.807, 2.05) is 0 Å². The van der Waals surface area contributed by atoms with Crippen molar-refractivity contribution in [3.63, 3.8) is 0 Å². The Hall–Kier alpha value is -2.38. The molecule has 14 N–H and O–H groups in total. The summed E-state index contributed by atoms with van der Waals surface area (Å²) in [6.45, 7) is -1.41. The van der Waals surface area contributed by atoms with Crippen LogP contribution in [0.4, 0.5) is 0 Å². The molecule has 0 aromatic carbocycles. The number of hydrogen-bond acceptors (Lipinski definition) is 14. The summed E-state index contributed by atoms with van der Waals surface area (Å²) in [5.41, 5.74) is 10.1. The number of carbonyl (C=O) groups is 4. The minimum atomic E-state index is -1.62. The molecule has 8 atom stereocenters. The van der Waals surface area contributed by atoms with Crippen LogP contribution in [0.1, 0.15) is 0 Å². The maximum Gasteiger partial charge on any atom is 0.328 e. The Morgan fingerprint density at radius 3 is 1.03 bits per heavy atom. The van der Waals surface area contributed by atoms with Gasteiger partial charge in [-0.25, -0.2) is 9.59 Å². The minimum absolute atomic E-state index is 0.248. The molecule has 0 aliphatic carbocycles. The predicted octanol–water partition coefficient (Wildman–Crippen LogP) is -7.11. The molecule has 0 aromatic rings. The fraction of sp³-hybridized carbons (Fsp3) is 0.625. The lowest BCUT2D eigenvalue weighted by atomic mass is 10.0. The standard InChI is InChI=1S/2C6H13NO5.C4H4O4/c2*7-3(1-8)5(11)6(12)4(10)2-9;5-3(6)1-2-4(7)8/h2*1,3-6,9-12H,2,7H2;1-2H,(H,5,6)(H,7,8)/b;;2-1-/t2*3-,4+,5+,6+;/m00./s1. The van der Waals surface area contributed by atoms with Crippen LogP contribution < -0.4 is 11.5 Å². The van der Waals surface area contributed by atoms with Crippen LogP contribution in [-0.4, -0.2) is 137 Å². The summed E-state index contributed by atoms with van der Waals surface area (Å²) >= 11 is 0. The van der Waals surface area contributed by atoms with E-state index < -0.39 is 73.9 Å². The van der Waals surface area contributed by atoms with Crippen LogP contribution in [0.25, 0.3) is 0 Å². The normalized spacial score (nSPS) is 18.2. The molecule has 0 amide bonds. The first-order valence-electron chi connectivity index (χ1n) is 8.57. The number of aldehydes is 2. The summed E-state index contributed by atoms with van der Waals surface area (Å²) in [6, 6.07) is -2.53. The summed E-state index contributed by atoms with van der Waals surface area (Å²) in [5, 5.41) is 86.0. The summed E-state index contributed by atoms with van der Waals surface area (Å²) in [7, 11) is 0. The van der Waals surface area contributed by atoms with Gasteiger partial charge in [0.15, 0.2) is 0 Å². The van der Waals surface area contributed by atoms with Gasteiger partial charge in [0.05, 0.1) is 25.3 Å². The summed E-state index contributed by atoms with van der Waals surface area (Å²) in [5.74, 6) is -2.51. The second kappa shape index (κ2) is 19.3. The van der Waals surface area contributed by atoms with Gasteiger partial charge in [0.25, 0.3) is 0 Å². The number of carbonyl (C=O) groups excluding carboxylic acids is 2. The number of hydrogen-bond donors (Lipinski definition) is 12. The zero-order valence-electron chi connectivity index (χ0n) is 16.6. The van der Waals surface area contributed by atoms with Gasteiger partial charge in [-0.3, -0.25) is 0 Å². The van der Waals surface area contributed by atoms with Crippen LogP contribution in [0.5, 0.6) is 0 Å². The van der Waals surface area contributed by atoms with Gasteiger partial charge in [-0.15, -0.1) is 0 Å². The van der Waals surface area contributed by atoms with Crippen molar-refractivity contribution in [2.75, 3.05) is 13.2 Å². The molecule has 16 nitrogen and oxygen atoms in total. The van der Waals surface area contributed by atoms with Gasteiger partial charge in [-0.05, 0) is 0 Å². The van der Waals surface area contributed by atoms with Gasteiger partial charge in [0.2, 0.25) is 0 Å². The Balaban J connectivity index is -0.000000404.